The summed E-state index contributed by atoms with van der Waals surface area (Å²) in [4.78, 5) is 9.62. The molecule has 0 aliphatic rings. The summed E-state index contributed by atoms with van der Waals surface area (Å²) in [5.74, 6) is 0. The van der Waals surface area contributed by atoms with Gasteiger partial charge >= 0.3 is 0 Å². The van der Waals surface area contributed by atoms with E-state index in [1.54, 1.807) is 0 Å². The van der Waals surface area contributed by atoms with Crippen LogP contribution in [0, 0.1) is 0 Å². The third kappa shape index (κ3) is 4.62. The van der Waals surface area contributed by atoms with E-state index in [1.165, 1.54) is 0 Å². The molecule has 0 unspecified atom stereocenters. The lowest BCUT2D eigenvalue weighted by molar-refractivity contribution is -0.108. The Morgan fingerprint density at radius 3 is 2.20 bits per heavy atom. The Kier molecular flexibility index (Phi) is 3.19. The summed E-state index contributed by atoms with van der Waals surface area (Å²) in [5.41, 5.74) is 0. The molecule has 0 atom stereocenters. The first-order valence-corrected chi connectivity index (χ1v) is 2.96. The summed E-state index contributed by atoms with van der Waals surface area (Å²) >= 11 is 6.06. The minimum Gasteiger partial charge on any atom is -0.281 e. The average Bonchev–Trinajstić information content (AvgIpc) is 1.38. The van der Waals surface area contributed by atoms with E-state index in [-0.39, 0.29) is 5.12 Å². The van der Waals surface area contributed by atoms with E-state index < -0.39 is 0 Å². The Balaban J connectivity index is 2.85. The van der Waals surface area contributed by atoms with Crippen molar-refractivity contribution < 1.29 is 4.79 Å². The van der Waals surface area contributed by atoms with E-state index in [9.17, 15) is 4.79 Å². The van der Waals surface area contributed by atoms with Crippen molar-refractivity contribution in [2.45, 2.75) is 0 Å². The largest absolute Gasteiger partial charge is 0.281 e. The highest BCUT2D eigenvalue weighted by Gasteiger charge is 1.82. The van der Waals surface area contributed by atoms with Crippen molar-refractivity contribution in [1.82, 2.24) is 0 Å². The van der Waals surface area contributed by atoms with Gasteiger partial charge in [-0.3, -0.25) is 4.79 Å². The van der Waals surface area contributed by atoms with Gasteiger partial charge in [0.15, 0.2) is 0 Å². The standard InChI is InChI=1S/C2H2IOS/c3-1-2(4)5/h1H2. The zero-order valence-corrected chi connectivity index (χ0v) is 5.38. The van der Waals surface area contributed by atoms with Crippen LogP contribution >= 0.6 is 35.2 Å². The molecule has 0 aromatic carbocycles. The van der Waals surface area contributed by atoms with Crippen LogP contribution in [-0.2, 0) is 4.79 Å². The molecule has 0 bridgehead atoms. The Morgan fingerprint density at radius 1 is 2.00 bits per heavy atom. The van der Waals surface area contributed by atoms with Gasteiger partial charge in [-0.25, -0.2) is 0 Å². The average molecular weight is 201 g/mol. The van der Waals surface area contributed by atoms with Crippen LogP contribution in [0.15, 0.2) is 0 Å². The van der Waals surface area contributed by atoms with Crippen molar-refractivity contribution in [2.75, 3.05) is 4.43 Å². The van der Waals surface area contributed by atoms with Gasteiger partial charge in [0.2, 0.25) is 5.12 Å². The van der Waals surface area contributed by atoms with Crippen molar-refractivity contribution in [3.05, 3.63) is 0 Å². The summed E-state index contributed by atoms with van der Waals surface area (Å²) in [6.45, 7) is 0. The van der Waals surface area contributed by atoms with Gasteiger partial charge in [-0.05, 0) is 12.6 Å². The van der Waals surface area contributed by atoms with Crippen molar-refractivity contribution >= 4 is 40.3 Å². The fourth-order valence-electron chi connectivity index (χ4n) is 0. The van der Waals surface area contributed by atoms with Crippen molar-refractivity contribution in [3.8, 4) is 0 Å². The van der Waals surface area contributed by atoms with Gasteiger partial charge in [0.25, 0.3) is 0 Å². The van der Waals surface area contributed by atoms with Crippen LogP contribution in [-0.4, -0.2) is 9.54 Å². The Bertz CT molecular complexity index is 44.9. The lowest BCUT2D eigenvalue weighted by Crippen LogP contribution is -1.80. The van der Waals surface area contributed by atoms with Gasteiger partial charge in [0, 0.05) is 0 Å². The number of alkyl halides is 1. The minimum absolute atomic E-state index is 0.175. The molecule has 0 saturated carbocycles. The maximum absolute atomic E-state index is 9.62. The molecule has 1 nitrogen and oxygen atoms in total. The molecule has 0 aromatic rings. The van der Waals surface area contributed by atoms with E-state index in [1.807, 2.05) is 22.6 Å². The molecule has 5 heavy (non-hydrogen) atoms. The van der Waals surface area contributed by atoms with Gasteiger partial charge in [-0.15, -0.1) is 0 Å². The maximum atomic E-state index is 9.62. The quantitative estimate of drug-likeness (QED) is 0.459. The molecule has 0 N–H and O–H groups in total. The zero-order chi connectivity index (χ0) is 4.28. The zero-order valence-electron chi connectivity index (χ0n) is 2.40. The van der Waals surface area contributed by atoms with Crippen LogP contribution in [0.25, 0.3) is 0 Å². The third-order valence-corrected chi connectivity index (χ3v) is 1.46. The molecule has 1 radical (unpaired) electrons. The summed E-state index contributed by atoms with van der Waals surface area (Å²) in [6.07, 6.45) is 0. The summed E-state index contributed by atoms with van der Waals surface area (Å²) < 4.78 is 0.451. The molecular weight excluding hydrogens is 199 g/mol. The molecule has 0 aliphatic heterocycles. The van der Waals surface area contributed by atoms with Crippen LogP contribution in [0.2, 0.25) is 0 Å². The van der Waals surface area contributed by atoms with Crippen LogP contribution in [0.1, 0.15) is 0 Å². The summed E-state index contributed by atoms with van der Waals surface area (Å²) in [5, 5.41) is -0.175. The van der Waals surface area contributed by atoms with Gasteiger partial charge in [0.05, 0.1) is 4.43 Å². The molecule has 0 fully saturated rings. The SMILES string of the molecule is O=C([S])CI. The van der Waals surface area contributed by atoms with Crippen molar-refractivity contribution in [3.63, 3.8) is 0 Å². The third-order valence-electron chi connectivity index (χ3n) is 0.109. The maximum Gasteiger partial charge on any atom is 0.228 e. The fraction of sp³-hybridized carbons (Fsp3) is 0.500. The Morgan fingerprint density at radius 2 is 2.20 bits per heavy atom. The van der Waals surface area contributed by atoms with E-state index in [4.69, 9.17) is 0 Å². The van der Waals surface area contributed by atoms with E-state index in [0.29, 0.717) is 4.43 Å². The lowest BCUT2D eigenvalue weighted by Gasteiger charge is -1.66. The second kappa shape index (κ2) is 2.84. The van der Waals surface area contributed by atoms with Crippen LogP contribution < -0.4 is 0 Å². The Labute approximate surface area is 49.7 Å². The molecule has 0 aliphatic carbocycles. The minimum atomic E-state index is -0.175. The highest BCUT2D eigenvalue weighted by atomic mass is 127. The van der Waals surface area contributed by atoms with E-state index in [0.717, 1.165) is 0 Å². The second-order valence-electron chi connectivity index (χ2n) is 0.506. The van der Waals surface area contributed by atoms with Crippen molar-refractivity contribution in [1.29, 1.82) is 0 Å². The lowest BCUT2D eigenvalue weighted by atomic mass is 10.9. The number of hydrogen-bond acceptors (Lipinski definition) is 1. The van der Waals surface area contributed by atoms with Crippen LogP contribution in [0.4, 0.5) is 0 Å². The topological polar surface area (TPSA) is 17.1 Å². The highest BCUT2D eigenvalue weighted by Crippen LogP contribution is 1.84. The van der Waals surface area contributed by atoms with Crippen molar-refractivity contribution in [2.24, 2.45) is 0 Å². The number of hydrogen-bond donors (Lipinski definition) is 0. The first-order chi connectivity index (χ1) is 2.27. The predicted molar refractivity (Wildman–Crippen MR) is 31.5 cm³/mol. The van der Waals surface area contributed by atoms with E-state index >= 15 is 0 Å². The van der Waals surface area contributed by atoms with E-state index in [2.05, 4.69) is 12.6 Å². The van der Waals surface area contributed by atoms with Crippen LogP contribution in [0.5, 0.6) is 0 Å². The van der Waals surface area contributed by atoms with Gasteiger partial charge in [-0.1, -0.05) is 22.6 Å². The molecule has 0 heterocycles. The van der Waals surface area contributed by atoms with Crippen LogP contribution in [0.3, 0.4) is 0 Å². The molecule has 0 aromatic heterocycles. The summed E-state index contributed by atoms with van der Waals surface area (Å²) in [7, 11) is 0. The molecule has 0 amide bonds. The first-order valence-electron chi connectivity index (χ1n) is 1.03. The number of carbonyl (C=O) groups excluding carboxylic acids is 1. The normalized spacial score (nSPS) is 7.40. The second-order valence-corrected chi connectivity index (χ2v) is 1.72. The predicted octanol–water partition coefficient (Wildman–Crippen LogP) is 1.15. The monoisotopic (exact) mass is 201 g/mol. The number of rotatable bonds is 1. The molecular formula is C2H2IOS. The molecule has 29 valence electrons. The van der Waals surface area contributed by atoms with Gasteiger partial charge < -0.3 is 0 Å². The summed E-state index contributed by atoms with van der Waals surface area (Å²) in [6, 6.07) is 0. The highest BCUT2D eigenvalue weighted by molar-refractivity contribution is 14.1. The number of halogens is 1. The smallest absolute Gasteiger partial charge is 0.228 e. The molecule has 0 rings (SSSR count). The Hall–Kier alpha value is 0.620. The molecule has 3 heteroatoms. The molecule has 0 spiro atoms. The van der Waals surface area contributed by atoms with Gasteiger partial charge in [-0.2, -0.15) is 0 Å². The fourth-order valence-corrected chi connectivity index (χ4v) is 0. The first kappa shape index (κ1) is 5.62. The number of carbonyl (C=O) groups is 1. The molecule has 0 saturated heterocycles. The van der Waals surface area contributed by atoms with Gasteiger partial charge in [0.1, 0.15) is 0 Å².